The van der Waals surface area contributed by atoms with Crippen molar-refractivity contribution in [1.82, 2.24) is 30.1 Å². The van der Waals surface area contributed by atoms with Gasteiger partial charge in [0, 0.05) is 25.7 Å². The van der Waals surface area contributed by atoms with Crippen LogP contribution in [0.1, 0.15) is 37.1 Å². The van der Waals surface area contributed by atoms with E-state index in [0.717, 1.165) is 25.1 Å². The number of imide groups is 1. The summed E-state index contributed by atoms with van der Waals surface area (Å²) in [5.41, 5.74) is -0.433. The van der Waals surface area contributed by atoms with Gasteiger partial charge < -0.3 is 5.32 Å². The Morgan fingerprint density at radius 2 is 2.04 bits per heavy atom. The first kappa shape index (κ1) is 20.1. The van der Waals surface area contributed by atoms with Crippen LogP contribution in [0.3, 0.4) is 0 Å². The van der Waals surface area contributed by atoms with Gasteiger partial charge in [0.05, 0.1) is 11.6 Å². The molecule has 2 N–H and O–H groups in total. The molecule has 2 aromatic rings. The summed E-state index contributed by atoms with van der Waals surface area (Å²) in [6.07, 6.45) is -1.99. The third-order valence-corrected chi connectivity index (χ3v) is 4.96. The number of nitrogens with one attached hydrogen (secondary N) is 2. The van der Waals surface area contributed by atoms with E-state index >= 15 is 0 Å². The summed E-state index contributed by atoms with van der Waals surface area (Å²) in [6, 6.07) is 1.12. The van der Waals surface area contributed by atoms with E-state index in [9.17, 15) is 22.8 Å². The Hall–Kier alpha value is -2.69. The number of nitrogens with zero attached hydrogens (tertiary/aromatic N) is 4. The van der Waals surface area contributed by atoms with Gasteiger partial charge in [-0.25, -0.2) is 4.79 Å². The predicted octanol–water partition coefficient (Wildman–Crippen LogP) is 1.77. The highest BCUT2D eigenvalue weighted by Crippen LogP contribution is 2.31. The van der Waals surface area contributed by atoms with Crippen molar-refractivity contribution in [3.8, 4) is 0 Å². The molecular formula is C17H21F3N6O2. The first-order valence-electron chi connectivity index (χ1n) is 8.89. The third kappa shape index (κ3) is 4.08. The first-order chi connectivity index (χ1) is 13.2. The fourth-order valence-electron chi connectivity index (χ4n) is 3.37. The molecule has 28 heavy (non-hydrogen) atoms. The van der Waals surface area contributed by atoms with Crippen LogP contribution in [0.5, 0.6) is 0 Å². The van der Waals surface area contributed by atoms with Gasteiger partial charge >= 0.3 is 12.2 Å². The van der Waals surface area contributed by atoms with Crippen molar-refractivity contribution in [3.05, 3.63) is 29.7 Å². The molecule has 0 bridgehead atoms. The molecule has 2 atom stereocenters. The number of fused-ring (bicyclic) bond motifs is 1. The summed E-state index contributed by atoms with van der Waals surface area (Å²) in [4.78, 5) is 25.4. The van der Waals surface area contributed by atoms with Crippen molar-refractivity contribution in [1.29, 1.82) is 0 Å². The number of carbonyl (C=O) groups is 2. The van der Waals surface area contributed by atoms with Crippen molar-refractivity contribution >= 4 is 17.6 Å². The summed E-state index contributed by atoms with van der Waals surface area (Å²) in [5, 5.41) is 12.6. The van der Waals surface area contributed by atoms with E-state index < -0.39 is 29.7 Å². The quantitative estimate of drug-likeness (QED) is 0.822. The molecule has 0 aliphatic carbocycles. The molecule has 1 aliphatic rings. The number of pyridine rings is 1. The van der Waals surface area contributed by atoms with Gasteiger partial charge in [0.1, 0.15) is 5.82 Å². The normalized spacial score (nSPS) is 19.4. The highest BCUT2D eigenvalue weighted by Gasteiger charge is 2.33. The second kappa shape index (κ2) is 7.74. The molecular weight excluding hydrogens is 377 g/mol. The van der Waals surface area contributed by atoms with Crippen LogP contribution in [0.2, 0.25) is 0 Å². The predicted molar refractivity (Wildman–Crippen MR) is 93.6 cm³/mol. The van der Waals surface area contributed by atoms with Crippen LogP contribution in [0, 0.1) is 0 Å². The van der Waals surface area contributed by atoms with E-state index in [2.05, 4.69) is 20.8 Å². The van der Waals surface area contributed by atoms with E-state index in [4.69, 9.17) is 0 Å². The fraction of sp³-hybridized carbons (Fsp3) is 0.529. The van der Waals surface area contributed by atoms with Crippen molar-refractivity contribution in [2.45, 2.75) is 37.9 Å². The number of halogens is 3. The molecule has 152 valence electrons. The molecule has 3 amide bonds. The van der Waals surface area contributed by atoms with E-state index in [1.54, 1.807) is 6.92 Å². The van der Waals surface area contributed by atoms with Crippen LogP contribution in [-0.4, -0.2) is 57.6 Å². The molecule has 1 saturated heterocycles. The molecule has 8 nitrogen and oxygen atoms in total. The lowest BCUT2D eigenvalue weighted by Gasteiger charge is -2.35. The summed E-state index contributed by atoms with van der Waals surface area (Å²) < 4.78 is 40.5. The Morgan fingerprint density at radius 3 is 2.71 bits per heavy atom. The number of aromatic nitrogens is 3. The van der Waals surface area contributed by atoms with Gasteiger partial charge in [0.15, 0.2) is 5.65 Å². The average molecular weight is 398 g/mol. The van der Waals surface area contributed by atoms with Gasteiger partial charge in [-0.2, -0.15) is 13.2 Å². The second-order valence-corrected chi connectivity index (χ2v) is 6.78. The minimum absolute atomic E-state index is 0.178. The molecule has 1 aliphatic heterocycles. The van der Waals surface area contributed by atoms with E-state index in [1.807, 2.05) is 4.90 Å². The Kier molecular flexibility index (Phi) is 5.54. The zero-order chi connectivity index (χ0) is 20.5. The molecule has 3 rings (SSSR count). The van der Waals surface area contributed by atoms with Crippen molar-refractivity contribution < 1.29 is 22.8 Å². The standard InChI is InChI=1S/C17H21F3N6O2/c1-10(15(27)22-16(28)21-2)25-7-3-4-11(8-25)14-24-23-13-6-5-12(9-26(13)14)17(18,19)20/h5-6,9-11H,3-4,7-8H2,1-2H3,(H2,21,22,27,28). The van der Waals surface area contributed by atoms with Gasteiger partial charge in [-0.1, -0.05) is 0 Å². The Bertz CT molecular complexity index is 881. The minimum atomic E-state index is -4.46. The summed E-state index contributed by atoms with van der Waals surface area (Å²) >= 11 is 0. The number of urea groups is 1. The van der Waals surface area contributed by atoms with Crippen LogP contribution in [0.4, 0.5) is 18.0 Å². The summed E-state index contributed by atoms with van der Waals surface area (Å²) in [6.45, 7) is 2.76. The molecule has 2 unspecified atom stereocenters. The van der Waals surface area contributed by atoms with Crippen molar-refractivity contribution in [2.24, 2.45) is 0 Å². The smallest absolute Gasteiger partial charge is 0.341 e. The third-order valence-electron chi connectivity index (χ3n) is 4.96. The number of carbonyl (C=O) groups excluding carboxylic acids is 2. The van der Waals surface area contributed by atoms with E-state index in [1.165, 1.54) is 17.5 Å². The number of hydrogen-bond acceptors (Lipinski definition) is 5. The lowest BCUT2D eigenvalue weighted by molar-refractivity contribution is -0.137. The number of piperidine rings is 1. The van der Waals surface area contributed by atoms with Gasteiger partial charge in [-0.3, -0.25) is 19.4 Å². The highest BCUT2D eigenvalue weighted by atomic mass is 19.4. The van der Waals surface area contributed by atoms with Crippen molar-refractivity contribution in [2.75, 3.05) is 20.1 Å². The van der Waals surface area contributed by atoms with Gasteiger partial charge in [0.2, 0.25) is 5.91 Å². The van der Waals surface area contributed by atoms with Crippen molar-refractivity contribution in [3.63, 3.8) is 0 Å². The Morgan fingerprint density at radius 1 is 1.29 bits per heavy atom. The number of hydrogen-bond donors (Lipinski definition) is 2. The van der Waals surface area contributed by atoms with E-state index in [0.29, 0.717) is 24.6 Å². The molecule has 0 aromatic carbocycles. The Balaban J connectivity index is 1.80. The first-order valence-corrected chi connectivity index (χ1v) is 8.89. The zero-order valence-corrected chi connectivity index (χ0v) is 15.5. The summed E-state index contributed by atoms with van der Waals surface area (Å²) in [7, 11) is 1.41. The Labute approximate surface area is 159 Å². The molecule has 3 heterocycles. The number of rotatable bonds is 3. The van der Waals surface area contributed by atoms with Crippen LogP contribution in [-0.2, 0) is 11.0 Å². The molecule has 0 spiro atoms. The monoisotopic (exact) mass is 398 g/mol. The molecule has 11 heteroatoms. The fourth-order valence-corrected chi connectivity index (χ4v) is 3.37. The topological polar surface area (TPSA) is 91.6 Å². The number of likely N-dealkylation sites (tertiary alicyclic amines) is 1. The van der Waals surface area contributed by atoms with Gasteiger partial charge in [-0.05, 0) is 38.4 Å². The van der Waals surface area contributed by atoms with E-state index in [-0.39, 0.29) is 5.92 Å². The highest BCUT2D eigenvalue weighted by molar-refractivity contribution is 5.96. The van der Waals surface area contributed by atoms with Gasteiger partial charge in [-0.15, -0.1) is 10.2 Å². The maximum Gasteiger partial charge on any atom is 0.417 e. The number of alkyl halides is 3. The summed E-state index contributed by atoms with van der Waals surface area (Å²) in [5.74, 6) is -0.183. The maximum absolute atomic E-state index is 13.0. The largest absolute Gasteiger partial charge is 0.417 e. The SMILES string of the molecule is CNC(=O)NC(=O)C(C)N1CCCC(c2nnc3ccc(C(F)(F)F)cn23)C1. The average Bonchev–Trinajstić information content (AvgIpc) is 3.09. The van der Waals surface area contributed by atoms with Gasteiger partial charge in [0.25, 0.3) is 0 Å². The molecule has 1 fully saturated rings. The van der Waals surface area contributed by atoms with Crippen LogP contribution in [0.15, 0.2) is 18.3 Å². The zero-order valence-electron chi connectivity index (χ0n) is 15.5. The number of amides is 3. The maximum atomic E-state index is 13.0. The minimum Gasteiger partial charge on any atom is -0.341 e. The molecule has 0 saturated carbocycles. The lowest BCUT2D eigenvalue weighted by Crippen LogP contribution is -2.51. The molecule has 0 radical (unpaired) electrons. The van der Waals surface area contributed by atoms with Crippen LogP contribution < -0.4 is 10.6 Å². The molecule has 2 aromatic heterocycles. The lowest BCUT2D eigenvalue weighted by atomic mass is 9.96. The van der Waals surface area contributed by atoms with Crippen LogP contribution >= 0.6 is 0 Å². The second-order valence-electron chi connectivity index (χ2n) is 6.78. The van der Waals surface area contributed by atoms with Crippen LogP contribution in [0.25, 0.3) is 5.65 Å².